The number of aryl methyl sites for hydroxylation is 1. The van der Waals surface area contributed by atoms with E-state index in [-0.39, 0.29) is 18.2 Å². The number of amides is 1. The molecule has 2 rings (SSSR count). The third-order valence-corrected chi connectivity index (χ3v) is 2.29. The van der Waals surface area contributed by atoms with Crippen molar-refractivity contribution in [3.05, 3.63) is 47.3 Å². The summed E-state index contributed by atoms with van der Waals surface area (Å²) in [6.07, 6.45) is 0. The van der Waals surface area contributed by atoms with E-state index in [1.54, 1.807) is 37.3 Å². The summed E-state index contributed by atoms with van der Waals surface area (Å²) in [5, 5.41) is 15.0. The summed E-state index contributed by atoms with van der Waals surface area (Å²) in [7, 11) is 0. The lowest BCUT2D eigenvalue weighted by atomic mass is 10.2. The first-order valence-corrected chi connectivity index (χ1v) is 5.63. The van der Waals surface area contributed by atoms with Crippen LogP contribution in [0.15, 0.2) is 34.9 Å². The van der Waals surface area contributed by atoms with Gasteiger partial charge in [0, 0.05) is 17.3 Å². The van der Waals surface area contributed by atoms with Crippen molar-refractivity contribution < 1.29 is 14.4 Å². The minimum Gasteiger partial charge on any atom is -0.384 e. The Morgan fingerprint density at radius 2 is 2.32 bits per heavy atom. The quantitative estimate of drug-likeness (QED) is 0.800. The van der Waals surface area contributed by atoms with Gasteiger partial charge in [-0.15, -0.1) is 0 Å². The third-order valence-electron chi connectivity index (χ3n) is 2.29. The number of aromatic nitrogens is 1. The summed E-state index contributed by atoms with van der Waals surface area (Å²) >= 11 is 0. The number of nitrogens with zero attached hydrogens (tertiary/aromatic N) is 1. The fourth-order valence-electron chi connectivity index (χ4n) is 1.48. The fraction of sp³-hybridized carbons (Fsp3) is 0.143. The van der Waals surface area contributed by atoms with Crippen molar-refractivity contribution in [3.63, 3.8) is 0 Å². The second kappa shape index (κ2) is 5.85. The molecule has 19 heavy (non-hydrogen) atoms. The van der Waals surface area contributed by atoms with Crippen molar-refractivity contribution in [2.75, 3.05) is 11.9 Å². The minimum absolute atomic E-state index is 0.200. The Kier molecular flexibility index (Phi) is 3.96. The van der Waals surface area contributed by atoms with E-state index in [4.69, 9.17) is 9.63 Å². The summed E-state index contributed by atoms with van der Waals surface area (Å²) in [6, 6.07) is 8.58. The van der Waals surface area contributed by atoms with Crippen LogP contribution >= 0.6 is 0 Å². The topological polar surface area (TPSA) is 75.4 Å². The van der Waals surface area contributed by atoms with Crippen LogP contribution in [0.3, 0.4) is 0 Å². The highest BCUT2D eigenvalue weighted by atomic mass is 16.5. The molecular formula is C14H12N2O3. The number of hydrogen-bond donors (Lipinski definition) is 2. The minimum atomic E-state index is -0.343. The van der Waals surface area contributed by atoms with Gasteiger partial charge in [0.1, 0.15) is 12.4 Å². The van der Waals surface area contributed by atoms with Crippen LogP contribution in [0.2, 0.25) is 0 Å². The number of aliphatic hydroxyl groups is 1. The highest BCUT2D eigenvalue weighted by Crippen LogP contribution is 2.11. The lowest BCUT2D eigenvalue weighted by Crippen LogP contribution is -2.12. The van der Waals surface area contributed by atoms with Gasteiger partial charge < -0.3 is 14.9 Å². The van der Waals surface area contributed by atoms with E-state index in [1.807, 2.05) is 0 Å². The molecule has 0 atom stereocenters. The first kappa shape index (κ1) is 12.9. The maximum atomic E-state index is 11.8. The largest absolute Gasteiger partial charge is 0.384 e. The number of hydrogen-bond acceptors (Lipinski definition) is 4. The Balaban J connectivity index is 2.13. The smallest absolute Gasteiger partial charge is 0.277 e. The standard InChI is InChI=1S/C14H12N2O3/c1-10-8-13(16-19-10)14(18)15-12-6-2-4-11(9-12)5-3-7-17/h2,4,6,8-9,17H,7H2,1H3,(H,15,18). The molecular weight excluding hydrogens is 244 g/mol. The molecule has 0 aliphatic heterocycles. The molecule has 96 valence electrons. The first-order chi connectivity index (χ1) is 9.19. The van der Waals surface area contributed by atoms with Gasteiger partial charge in [-0.25, -0.2) is 0 Å². The van der Waals surface area contributed by atoms with Gasteiger partial charge in [0.25, 0.3) is 5.91 Å². The summed E-state index contributed by atoms with van der Waals surface area (Å²) in [6.45, 7) is 1.52. The van der Waals surface area contributed by atoms with Gasteiger partial charge >= 0.3 is 0 Å². The average Bonchev–Trinajstić information content (AvgIpc) is 2.83. The van der Waals surface area contributed by atoms with Crippen molar-refractivity contribution >= 4 is 11.6 Å². The Bertz CT molecular complexity index is 650. The Morgan fingerprint density at radius 1 is 1.47 bits per heavy atom. The zero-order valence-corrected chi connectivity index (χ0v) is 10.3. The number of anilines is 1. The number of rotatable bonds is 2. The molecule has 1 heterocycles. The van der Waals surface area contributed by atoms with Crippen LogP contribution in [-0.2, 0) is 0 Å². The molecule has 0 aliphatic carbocycles. The molecule has 0 aliphatic rings. The Labute approximate surface area is 110 Å². The van der Waals surface area contributed by atoms with E-state index in [1.165, 1.54) is 0 Å². The molecule has 5 nitrogen and oxygen atoms in total. The van der Waals surface area contributed by atoms with Gasteiger partial charge in [-0.3, -0.25) is 4.79 Å². The SMILES string of the molecule is Cc1cc(C(=O)Nc2cccc(C#CCO)c2)no1. The number of carbonyl (C=O) groups excluding carboxylic acids is 1. The van der Waals surface area contributed by atoms with Crippen LogP contribution in [0.25, 0.3) is 0 Å². The first-order valence-electron chi connectivity index (χ1n) is 5.63. The van der Waals surface area contributed by atoms with Gasteiger partial charge in [0.2, 0.25) is 0 Å². The molecule has 1 aromatic heterocycles. The Hall–Kier alpha value is -2.58. The second-order valence-electron chi connectivity index (χ2n) is 3.82. The number of benzene rings is 1. The van der Waals surface area contributed by atoms with E-state index in [2.05, 4.69) is 22.3 Å². The van der Waals surface area contributed by atoms with E-state index in [9.17, 15) is 4.79 Å². The lowest BCUT2D eigenvalue weighted by Gasteiger charge is -2.02. The molecule has 0 unspecified atom stereocenters. The van der Waals surface area contributed by atoms with Crippen LogP contribution in [0.5, 0.6) is 0 Å². The summed E-state index contributed by atoms with van der Waals surface area (Å²) < 4.78 is 4.84. The highest BCUT2D eigenvalue weighted by molar-refractivity contribution is 6.02. The molecule has 5 heteroatoms. The molecule has 0 fully saturated rings. The van der Waals surface area contributed by atoms with E-state index < -0.39 is 0 Å². The van der Waals surface area contributed by atoms with E-state index in [0.29, 0.717) is 17.0 Å². The van der Waals surface area contributed by atoms with Crippen LogP contribution in [0, 0.1) is 18.8 Å². The van der Waals surface area contributed by atoms with Crippen LogP contribution in [-0.4, -0.2) is 22.8 Å². The average molecular weight is 256 g/mol. The van der Waals surface area contributed by atoms with Crippen molar-refractivity contribution in [3.8, 4) is 11.8 Å². The molecule has 1 aromatic carbocycles. The third kappa shape index (κ3) is 3.44. The van der Waals surface area contributed by atoms with Crippen molar-refractivity contribution in [1.82, 2.24) is 5.16 Å². The molecule has 0 saturated carbocycles. The van der Waals surface area contributed by atoms with Crippen molar-refractivity contribution in [2.24, 2.45) is 0 Å². The normalized spacial score (nSPS) is 9.58. The lowest BCUT2D eigenvalue weighted by molar-refractivity contribution is 0.101. The van der Waals surface area contributed by atoms with Gasteiger partial charge in [0.15, 0.2) is 5.69 Å². The molecule has 1 amide bonds. The van der Waals surface area contributed by atoms with Gasteiger partial charge in [0.05, 0.1) is 0 Å². The van der Waals surface area contributed by atoms with Gasteiger partial charge in [-0.05, 0) is 25.1 Å². The van der Waals surface area contributed by atoms with E-state index >= 15 is 0 Å². The Morgan fingerprint density at radius 3 is 3.00 bits per heavy atom. The summed E-state index contributed by atoms with van der Waals surface area (Å²) in [5.41, 5.74) is 1.54. The predicted molar refractivity (Wildman–Crippen MR) is 69.6 cm³/mol. The zero-order valence-electron chi connectivity index (χ0n) is 10.3. The van der Waals surface area contributed by atoms with Crippen molar-refractivity contribution in [2.45, 2.75) is 6.92 Å². The molecule has 2 N–H and O–H groups in total. The monoisotopic (exact) mass is 256 g/mol. The van der Waals surface area contributed by atoms with Gasteiger partial charge in [-0.2, -0.15) is 0 Å². The molecule has 0 saturated heterocycles. The maximum Gasteiger partial charge on any atom is 0.277 e. The van der Waals surface area contributed by atoms with E-state index in [0.717, 1.165) is 0 Å². The fourth-order valence-corrected chi connectivity index (χ4v) is 1.48. The van der Waals surface area contributed by atoms with Gasteiger partial charge in [-0.1, -0.05) is 23.1 Å². The molecule has 0 radical (unpaired) electrons. The predicted octanol–water partition coefficient (Wildman–Crippen LogP) is 1.58. The number of aliphatic hydroxyl groups excluding tert-OH is 1. The molecule has 0 bridgehead atoms. The molecule has 0 spiro atoms. The summed E-state index contributed by atoms with van der Waals surface area (Å²) in [4.78, 5) is 11.8. The number of carbonyl (C=O) groups is 1. The van der Waals surface area contributed by atoms with Crippen LogP contribution in [0.1, 0.15) is 21.8 Å². The maximum absolute atomic E-state index is 11.8. The highest BCUT2D eigenvalue weighted by Gasteiger charge is 2.10. The van der Waals surface area contributed by atoms with Crippen LogP contribution < -0.4 is 5.32 Å². The van der Waals surface area contributed by atoms with Crippen LogP contribution in [0.4, 0.5) is 5.69 Å². The number of nitrogens with one attached hydrogen (secondary N) is 1. The van der Waals surface area contributed by atoms with Crippen molar-refractivity contribution in [1.29, 1.82) is 0 Å². The summed E-state index contributed by atoms with van der Waals surface area (Å²) in [5.74, 6) is 5.55. The zero-order chi connectivity index (χ0) is 13.7. The second-order valence-corrected chi connectivity index (χ2v) is 3.82. The molecule has 2 aromatic rings.